The van der Waals surface area contributed by atoms with Gasteiger partial charge in [-0.05, 0) is 48.8 Å². The molecule has 5 rings (SSSR count). The molecule has 0 amide bonds. The Hall–Kier alpha value is -3.46. The van der Waals surface area contributed by atoms with Crippen molar-refractivity contribution < 1.29 is 0 Å². The van der Waals surface area contributed by atoms with Crippen LogP contribution >= 0.6 is 0 Å². The fraction of sp³-hybridized carbons (Fsp3) is 0.304. The normalized spacial score (nSPS) is 18.5. The Kier molecular flexibility index (Phi) is 5.72. The zero-order valence-electron chi connectivity index (χ0n) is 17.8. The zero-order chi connectivity index (χ0) is 21.9. The third-order valence-electron chi connectivity index (χ3n) is 5.87. The number of nitrogens with zero attached hydrogens (tertiary/aromatic N) is 5. The summed E-state index contributed by atoms with van der Waals surface area (Å²) in [6, 6.07) is 14.8. The Bertz CT molecular complexity index is 1180. The number of benzene rings is 1. The van der Waals surface area contributed by atoms with Crippen molar-refractivity contribution in [2.75, 3.05) is 10.6 Å². The van der Waals surface area contributed by atoms with Crippen molar-refractivity contribution >= 4 is 30.9 Å². The predicted molar refractivity (Wildman–Crippen MR) is 127 cm³/mol. The summed E-state index contributed by atoms with van der Waals surface area (Å²) in [7, 11) is 6.09. The summed E-state index contributed by atoms with van der Waals surface area (Å²) < 4.78 is 1.64. The van der Waals surface area contributed by atoms with Crippen LogP contribution in [-0.2, 0) is 6.54 Å². The minimum Gasteiger partial charge on any atom is -0.351 e. The molecule has 3 heterocycles. The summed E-state index contributed by atoms with van der Waals surface area (Å²) in [4.78, 5) is 13.7. The monoisotopic (exact) mass is 424 g/mol. The summed E-state index contributed by atoms with van der Waals surface area (Å²) in [6.45, 7) is 0.589. The third-order valence-corrected chi connectivity index (χ3v) is 5.87. The molecule has 0 spiro atoms. The van der Waals surface area contributed by atoms with Crippen LogP contribution in [0, 0.1) is 0 Å². The van der Waals surface area contributed by atoms with Crippen molar-refractivity contribution in [3.8, 4) is 11.3 Å². The van der Waals surface area contributed by atoms with E-state index in [1.165, 1.54) is 0 Å². The van der Waals surface area contributed by atoms with Crippen LogP contribution in [0.15, 0.2) is 54.9 Å². The van der Waals surface area contributed by atoms with Crippen molar-refractivity contribution in [2.45, 2.75) is 44.3 Å². The molecule has 160 valence electrons. The highest BCUT2D eigenvalue weighted by molar-refractivity contribution is 6.36. The van der Waals surface area contributed by atoms with Crippen LogP contribution in [-0.4, -0.2) is 44.5 Å². The van der Waals surface area contributed by atoms with E-state index in [0.717, 1.165) is 42.5 Å². The summed E-state index contributed by atoms with van der Waals surface area (Å²) in [5.74, 6) is 1.15. The number of anilines is 2. The summed E-state index contributed by atoms with van der Waals surface area (Å²) in [5, 5.41) is 11.2. The van der Waals surface area contributed by atoms with Gasteiger partial charge in [0.05, 0.1) is 5.69 Å². The number of hydrogen-bond acceptors (Lipinski definition) is 7. The van der Waals surface area contributed by atoms with Crippen LogP contribution in [0.25, 0.3) is 16.9 Å². The molecule has 0 unspecified atom stereocenters. The molecular weight excluding hydrogens is 399 g/mol. The third kappa shape index (κ3) is 4.43. The first-order valence-electron chi connectivity index (χ1n) is 10.9. The highest BCUT2D eigenvalue weighted by atomic mass is 15.4. The van der Waals surface area contributed by atoms with Gasteiger partial charge in [0, 0.05) is 36.6 Å². The number of pyridine rings is 1. The van der Waals surface area contributed by atoms with Crippen LogP contribution in [0.4, 0.5) is 11.9 Å². The van der Waals surface area contributed by atoms with Crippen LogP contribution in [0.3, 0.4) is 0 Å². The molecule has 9 heteroatoms. The molecule has 0 bridgehead atoms. The van der Waals surface area contributed by atoms with E-state index in [9.17, 15) is 0 Å². The van der Waals surface area contributed by atoms with E-state index in [4.69, 9.17) is 13.6 Å². The van der Waals surface area contributed by atoms with Crippen molar-refractivity contribution in [3.05, 3.63) is 60.4 Å². The molecule has 4 aromatic rings. The van der Waals surface area contributed by atoms with E-state index < -0.39 is 0 Å². The van der Waals surface area contributed by atoms with Gasteiger partial charge in [-0.1, -0.05) is 30.3 Å². The Morgan fingerprint density at radius 3 is 2.59 bits per heavy atom. The largest absolute Gasteiger partial charge is 0.351 e. The fourth-order valence-electron chi connectivity index (χ4n) is 4.03. The number of hydrogen-bond donors (Lipinski definition) is 3. The van der Waals surface area contributed by atoms with Gasteiger partial charge in [-0.2, -0.15) is 19.6 Å². The van der Waals surface area contributed by atoms with E-state index in [1.807, 2.05) is 18.2 Å². The second-order valence-corrected chi connectivity index (χ2v) is 8.23. The molecule has 1 aliphatic carbocycles. The van der Waals surface area contributed by atoms with Gasteiger partial charge >= 0.3 is 0 Å². The van der Waals surface area contributed by atoms with Crippen LogP contribution in [0.2, 0.25) is 0 Å². The van der Waals surface area contributed by atoms with Gasteiger partial charge in [0.25, 0.3) is 0 Å². The molecule has 4 N–H and O–H groups in total. The molecule has 1 aliphatic rings. The number of nitrogens with two attached hydrogens (primary N) is 1. The molecule has 3 aromatic heterocycles. The number of rotatable bonds is 6. The minimum absolute atomic E-state index is 0.295. The Balaban J connectivity index is 1.33. The Morgan fingerprint density at radius 1 is 1.03 bits per heavy atom. The molecule has 0 aliphatic heterocycles. The average Bonchev–Trinajstić information content (AvgIpc) is 3.21. The number of aromatic nitrogens is 5. The van der Waals surface area contributed by atoms with Crippen LogP contribution in [0.1, 0.15) is 31.2 Å². The molecule has 0 saturated heterocycles. The van der Waals surface area contributed by atoms with Gasteiger partial charge in [0.1, 0.15) is 7.85 Å². The standard InChI is InChI=1S/C23H25BN8/c24-19-14-28-32-21(19)30-22(29-18-10-8-17(25)9-11-18)31-23(32)27-13-15-4-6-16(7-5-15)20-3-1-2-12-26-20/h1-7,12,14,17-18H,8-11,13,25H2,(H2,27,29,30,31). The van der Waals surface area contributed by atoms with Crippen LogP contribution < -0.4 is 21.8 Å². The van der Waals surface area contributed by atoms with Crippen molar-refractivity contribution in [1.29, 1.82) is 0 Å². The SMILES string of the molecule is [B]c1cnn2c(NCc3ccc(-c4ccccn4)cc3)nc(NC3CCC(N)CC3)nc12. The predicted octanol–water partition coefficient (Wildman–Crippen LogP) is 2.27. The fourth-order valence-corrected chi connectivity index (χ4v) is 4.03. The summed E-state index contributed by atoms with van der Waals surface area (Å²) in [6.07, 6.45) is 7.43. The lowest BCUT2D eigenvalue weighted by Crippen LogP contribution is -2.33. The van der Waals surface area contributed by atoms with Crippen molar-refractivity contribution in [3.63, 3.8) is 0 Å². The maximum Gasteiger partial charge on any atom is 0.229 e. The van der Waals surface area contributed by atoms with E-state index in [2.05, 4.69) is 54.9 Å². The average molecular weight is 424 g/mol. The summed E-state index contributed by atoms with van der Waals surface area (Å²) in [5.41, 5.74) is 10.3. The molecule has 8 nitrogen and oxygen atoms in total. The van der Waals surface area contributed by atoms with Crippen molar-refractivity contribution in [2.24, 2.45) is 5.73 Å². The molecular formula is C23H25BN8. The van der Waals surface area contributed by atoms with E-state index in [-0.39, 0.29) is 0 Å². The van der Waals surface area contributed by atoms with E-state index in [0.29, 0.717) is 41.6 Å². The number of nitrogens with one attached hydrogen (secondary N) is 2. The first-order chi connectivity index (χ1) is 15.7. The van der Waals surface area contributed by atoms with E-state index >= 15 is 0 Å². The molecule has 1 aromatic carbocycles. The molecule has 1 fully saturated rings. The summed E-state index contributed by atoms with van der Waals surface area (Å²) >= 11 is 0. The zero-order valence-corrected chi connectivity index (χ0v) is 17.8. The lowest BCUT2D eigenvalue weighted by Gasteiger charge is -2.26. The van der Waals surface area contributed by atoms with Gasteiger partial charge in [0.2, 0.25) is 11.9 Å². The smallest absolute Gasteiger partial charge is 0.229 e. The maximum atomic E-state index is 6.09. The first kappa shape index (κ1) is 20.4. The molecule has 1 saturated carbocycles. The first-order valence-corrected chi connectivity index (χ1v) is 10.9. The van der Waals surface area contributed by atoms with Gasteiger partial charge in [-0.15, -0.1) is 0 Å². The lowest BCUT2D eigenvalue weighted by molar-refractivity contribution is 0.410. The quantitative estimate of drug-likeness (QED) is 0.408. The molecule has 0 atom stereocenters. The Labute approximate surface area is 188 Å². The molecule has 32 heavy (non-hydrogen) atoms. The second-order valence-electron chi connectivity index (χ2n) is 8.23. The highest BCUT2D eigenvalue weighted by Gasteiger charge is 2.20. The number of fused-ring (bicyclic) bond motifs is 1. The van der Waals surface area contributed by atoms with Gasteiger partial charge < -0.3 is 16.4 Å². The highest BCUT2D eigenvalue weighted by Crippen LogP contribution is 2.21. The van der Waals surface area contributed by atoms with Gasteiger partial charge in [-0.3, -0.25) is 4.98 Å². The lowest BCUT2D eigenvalue weighted by atomic mass is 9.92. The van der Waals surface area contributed by atoms with E-state index in [1.54, 1.807) is 16.9 Å². The van der Waals surface area contributed by atoms with Crippen molar-refractivity contribution in [1.82, 2.24) is 24.6 Å². The minimum atomic E-state index is 0.295. The maximum absolute atomic E-state index is 6.09. The van der Waals surface area contributed by atoms with Gasteiger partial charge in [0.15, 0.2) is 5.65 Å². The second kappa shape index (κ2) is 8.96. The topological polar surface area (TPSA) is 106 Å². The van der Waals surface area contributed by atoms with Gasteiger partial charge in [-0.25, -0.2) is 0 Å². The molecule has 2 radical (unpaired) electrons. The Morgan fingerprint density at radius 2 is 1.84 bits per heavy atom. The van der Waals surface area contributed by atoms with Crippen LogP contribution in [0.5, 0.6) is 0 Å².